The molecule has 0 radical (unpaired) electrons. The van der Waals surface area contributed by atoms with E-state index in [2.05, 4.69) is 25.1 Å². The maximum Gasteiger partial charge on any atom is 0.152 e. The number of aliphatic hydroxyl groups excluding tert-OH is 1. The first-order valence-electron chi connectivity index (χ1n) is 6.95. The third kappa shape index (κ3) is 2.04. The highest BCUT2D eigenvalue weighted by molar-refractivity contribution is 7.23. The van der Waals surface area contributed by atoms with Gasteiger partial charge < -0.3 is 15.8 Å². The molecule has 8 heteroatoms. The van der Waals surface area contributed by atoms with Crippen LogP contribution in [0.5, 0.6) is 0 Å². The van der Waals surface area contributed by atoms with Crippen molar-refractivity contribution in [3.8, 4) is 10.6 Å². The first-order valence-corrected chi connectivity index (χ1v) is 7.76. The molecule has 22 heavy (non-hydrogen) atoms. The maximum atomic E-state index is 8.95. The van der Waals surface area contributed by atoms with E-state index in [0.29, 0.717) is 24.2 Å². The summed E-state index contributed by atoms with van der Waals surface area (Å²) < 4.78 is 1.02. The molecule has 0 aliphatic heterocycles. The molecular weight excluding hydrogens is 300 g/mol. The minimum atomic E-state index is 0.141. The average molecular weight is 314 g/mol. The Bertz CT molecular complexity index is 939. The molecular formula is C14H14N6OS. The summed E-state index contributed by atoms with van der Waals surface area (Å²) in [6.45, 7) is 0.141. The lowest BCUT2D eigenvalue weighted by atomic mass is 10.3. The summed E-state index contributed by atoms with van der Waals surface area (Å²) in [6.07, 6.45) is 3.14. The van der Waals surface area contributed by atoms with Gasteiger partial charge in [-0.15, -0.1) is 11.3 Å². The van der Waals surface area contributed by atoms with Gasteiger partial charge in [0.1, 0.15) is 17.0 Å². The minimum absolute atomic E-state index is 0.141. The van der Waals surface area contributed by atoms with Crippen LogP contribution in [-0.2, 0) is 6.42 Å². The van der Waals surface area contributed by atoms with Gasteiger partial charge in [0.15, 0.2) is 5.82 Å². The largest absolute Gasteiger partial charge is 0.396 e. The van der Waals surface area contributed by atoms with E-state index in [4.69, 9.17) is 10.8 Å². The topological polar surface area (TPSA) is 116 Å². The van der Waals surface area contributed by atoms with Gasteiger partial charge in [-0.25, -0.2) is 9.97 Å². The molecule has 5 N–H and O–H groups in total. The second-order valence-corrected chi connectivity index (χ2v) is 6.07. The van der Waals surface area contributed by atoms with Gasteiger partial charge in [-0.1, -0.05) is 0 Å². The number of imidazole rings is 1. The molecule has 4 heterocycles. The van der Waals surface area contributed by atoms with E-state index in [1.807, 2.05) is 12.1 Å². The van der Waals surface area contributed by atoms with Crippen molar-refractivity contribution in [3.63, 3.8) is 0 Å². The number of H-pyrrole nitrogens is 2. The van der Waals surface area contributed by atoms with E-state index in [0.717, 1.165) is 32.1 Å². The lowest BCUT2D eigenvalue weighted by molar-refractivity contribution is 0.287. The van der Waals surface area contributed by atoms with Gasteiger partial charge in [0, 0.05) is 19.2 Å². The maximum absolute atomic E-state index is 8.95. The Balaban J connectivity index is 1.91. The van der Waals surface area contributed by atoms with Gasteiger partial charge in [-0.2, -0.15) is 5.10 Å². The Morgan fingerprint density at radius 1 is 1.32 bits per heavy atom. The highest BCUT2D eigenvalue weighted by atomic mass is 32.1. The summed E-state index contributed by atoms with van der Waals surface area (Å²) in [4.78, 5) is 13.3. The number of nitrogen functional groups attached to an aromatic ring is 1. The molecule has 4 aromatic rings. The standard InChI is InChI=1S/C14H14N6OS/c15-14-12-11(18-10(19-12)2-1-5-21)13-8(17-14)6-9(22-13)7-3-4-16-20-7/h3-4,6,21H,1-2,5H2,(H2,15,17)(H,16,20)(H,18,19). The van der Waals surface area contributed by atoms with Crippen molar-refractivity contribution < 1.29 is 5.11 Å². The number of aliphatic hydroxyl groups is 1. The number of aromatic amines is 2. The summed E-state index contributed by atoms with van der Waals surface area (Å²) in [6, 6.07) is 3.91. The van der Waals surface area contributed by atoms with Gasteiger partial charge in [-0.05, 0) is 18.6 Å². The minimum Gasteiger partial charge on any atom is -0.396 e. The van der Waals surface area contributed by atoms with Gasteiger partial charge in [0.25, 0.3) is 0 Å². The van der Waals surface area contributed by atoms with Crippen LogP contribution in [0.25, 0.3) is 31.8 Å². The number of thiophene rings is 1. The summed E-state index contributed by atoms with van der Waals surface area (Å²) >= 11 is 1.61. The summed E-state index contributed by atoms with van der Waals surface area (Å²) in [7, 11) is 0. The molecule has 0 unspecified atom stereocenters. The fourth-order valence-electron chi connectivity index (χ4n) is 2.49. The molecule has 4 rings (SSSR count). The van der Waals surface area contributed by atoms with Gasteiger partial charge in [-0.3, -0.25) is 5.10 Å². The van der Waals surface area contributed by atoms with E-state index < -0.39 is 0 Å². The number of rotatable bonds is 4. The van der Waals surface area contributed by atoms with Gasteiger partial charge >= 0.3 is 0 Å². The number of nitrogens with zero attached hydrogens (tertiary/aromatic N) is 3. The zero-order valence-corrected chi connectivity index (χ0v) is 12.4. The number of nitrogens with two attached hydrogens (primary N) is 1. The smallest absolute Gasteiger partial charge is 0.152 e. The summed E-state index contributed by atoms with van der Waals surface area (Å²) in [5.74, 6) is 1.24. The summed E-state index contributed by atoms with van der Waals surface area (Å²) in [5.41, 5.74) is 9.35. The van der Waals surface area contributed by atoms with E-state index in [9.17, 15) is 0 Å². The van der Waals surface area contributed by atoms with Crippen LogP contribution in [0.15, 0.2) is 18.3 Å². The first kappa shape index (κ1) is 13.2. The zero-order chi connectivity index (χ0) is 15.1. The molecule has 0 aliphatic carbocycles. The normalized spacial score (nSPS) is 11.7. The van der Waals surface area contributed by atoms with E-state index in [1.165, 1.54) is 0 Å². The van der Waals surface area contributed by atoms with Crippen molar-refractivity contribution in [2.24, 2.45) is 0 Å². The van der Waals surface area contributed by atoms with Crippen LogP contribution in [0.2, 0.25) is 0 Å². The first-order chi connectivity index (χ1) is 10.8. The summed E-state index contributed by atoms with van der Waals surface area (Å²) in [5, 5.41) is 16.0. The average Bonchev–Trinajstić information content (AvgIpc) is 3.22. The van der Waals surface area contributed by atoms with Crippen LogP contribution in [0.3, 0.4) is 0 Å². The number of nitrogens with one attached hydrogen (secondary N) is 2. The molecule has 0 aromatic carbocycles. The number of anilines is 1. The molecule has 0 amide bonds. The van der Waals surface area contributed by atoms with Crippen molar-refractivity contribution in [2.75, 3.05) is 12.3 Å². The second-order valence-electron chi connectivity index (χ2n) is 5.02. The van der Waals surface area contributed by atoms with E-state index in [-0.39, 0.29) is 6.61 Å². The Morgan fingerprint density at radius 2 is 2.23 bits per heavy atom. The Hall–Kier alpha value is -2.45. The monoisotopic (exact) mass is 314 g/mol. The Kier molecular flexibility index (Phi) is 3.05. The van der Waals surface area contributed by atoms with Crippen LogP contribution in [-0.4, -0.2) is 36.9 Å². The van der Waals surface area contributed by atoms with Gasteiger partial charge in [0.2, 0.25) is 0 Å². The molecule has 7 nitrogen and oxygen atoms in total. The molecule has 0 saturated carbocycles. The van der Waals surface area contributed by atoms with Crippen molar-refractivity contribution in [1.29, 1.82) is 0 Å². The SMILES string of the molecule is Nc1nc2cc(-c3cc[nH]n3)sc2c2[nH]c(CCCO)nc12. The molecule has 0 spiro atoms. The Labute approximate surface area is 129 Å². The van der Waals surface area contributed by atoms with E-state index >= 15 is 0 Å². The van der Waals surface area contributed by atoms with Crippen molar-refractivity contribution in [2.45, 2.75) is 12.8 Å². The lowest BCUT2D eigenvalue weighted by Gasteiger charge is -1.94. The van der Waals surface area contributed by atoms with Crippen molar-refractivity contribution >= 4 is 38.4 Å². The van der Waals surface area contributed by atoms with Crippen LogP contribution >= 0.6 is 11.3 Å². The lowest BCUT2D eigenvalue weighted by Crippen LogP contribution is -1.92. The molecule has 112 valence electrons. The quantitative estimate of drug-likeness (QED) is 0.460. The predicted octanol–water partition coefficient (Wildman–Crippen LogP) is 2.07. The van der Waals surface area contributed by atoms with Crippen molar-refractivity contribution in [1.82, 2.24) is 25.1 Å². The molecule has 0 aliphatic rings. The van der Waals surface area contributed by atoms with Crippen molar-refractivity contribution in [3.05, 3.63) is 24.2 Å². The van der Waals surface area contributed by atoms with E-state index in [1.54, 1.807) is 17.5 Å². The number of hydrogen-bond acceptors (Lipinski definition) is 6. The third-order valence-corrected chi connectivity index (χ3v) is 4.67. The molecule has 0 atom stereocenters. The number of fused-ring (bicyclic) bond motifs is 3. The van der Waals surface area contributed by atoms with Crippen LogP contribution in [0.4, 0.5) is 5.82 Å². The zero-order valence-electron chi connectivity index (χ0n) is 11.6. The predicted molar refractivity (Wildman–Crippen MR) is 86.7 cm³/mol. The highest BCUT2D eigenvalue weighted by Gasteiger charge is 2.15. The molecule has 0 saturated heterocycles. The van der Waals surface area contributed by atoms with Crippen LogP contribution < -0.4 is 5.73 Å². The van der Waals surface area contributed by atoms with Gasteiger partial charge in [0.05, 0.1) is 20.6 Å². The molecule has 4 aromatic heterocycles. The van der Waals surface area contributed by atoms with Crippen LogP contribution in [0, 0.1) is 0 Å². The number of aryl methyl sites for hydroxylation is 1. The highest BCUT2D eigenvalue weighted by Crippen LogP contribution is 2.36. The van der Waals surface area contributed by atoms with Crippen LogP contribution in [0.1, 0.15) is 12.2 Å². The number of aromatic nitrogens is 5. The number of pyridine rings is 1. The third-order valence-electron chi connectivity index (χ3n) is 3.50. The second kappa shape index (κ2) is 5.08. The fraction of sp³-hybridized carbons (Fsp3) is 0.214. The molecule has 0 bridgehead atoms. The number of hydrogen-bond donors (Lipinski definition) is 4. The molecule has 0 fully saturated rings. The Morgan fingerprint density at radius 3 is 3.00 bits per heavy atom. The fourth-order valence-corrected chi connectivity index (χ4v) is 3.55.